The zero-order valence-corrected chi connectivity index (χ0v) is 10.3. The van der Waals surface area contributed by atoms with Gasteiger partial charge in [0, 0.05) is 11.9 Å². The van der Waals surface area contributed by atoms with Gasteiger partial charge in [-0.15, -0.1) is 11.3 Å². The average molecular weight is 243 g/mol. The van der Waals surface area contributed by atoms with Gasteiger partial charge in [0.05, 0.1) is 6.10 Å². The summed E-state index contributed by atoms with van der Waals surface area (Å²) in [5.41, 5.74) is 5.72. The monoisotopic (exact) mass is 243 g/mol. The Morgan fingerprint density at radius 1 is 1.69 bits per heavy atom. The standard InChI is InChI=1S/C10H17N3O2S/c1-6(2)3-7(14)4-12-9(15)8-5-16-10(11)13-8/h5-7,14H,3-4H2,1-2H3,(H2,11,13)(H,12,15). The van der Waals surface area contributed by atoms with Crippen LogP contribution in [-0.4, -0.2) is 28.6 Å². The molecule has 1 unspecified atom stereocenters. The van der Waals surface area contributed by atoms with Crippen LogP contribution in [0.1, 0.15) is 30.8 Å². The number of thiazole rings is 1. The maximum Gasteiger partial charge on any atom is 0.270 e. The zero-order chi connectivity index (χ0) is 12.1. The van der Waals surface area contributed by atoms with E-state index >= 15 is 0 Å². The molecule has 4 N–H and O–H groups in total. The van der Waals surface area contributed by atoms with E-state index in [4.69, 9.17) is 5.73 Å². The molecular weight excluding hydrogens is 226 g/mol. The molecule has 0 fully saturated rings. The van der Waals surface area contributed by atoms with E-state index in [0.29, 0.717) is 23.2 Å². The fraction of sp³-hybridized carbons (Fsp3) is 0.600. The number of nitrogens with two attached hydrogens (primary N) is 1. The van der Waals surface area contributed by atoms with Crippen molar-refractivity contribution in [3.63, 3.8) is 0 Å². The molecule has 1 heterocycles. The highest BCUT2D eigenvalue weighted by atomic mass is 32.1. The van der Waals surface area contributed by atoms with Crippen LogP contribution >= 0.6 is 11.3 Å². The summed E-state index contributed by atoms with van der Waals surface area (Å²) in [7, 11) is 0. The zero-order valence-electron chi connectivity index (χ0n) is 9.43. The van der Waals surface area contributed by atoms with Gasteiger partial charge in [-0.2, -0.15) is 0 Å². The van der Waals surface area contributed by atoms with E-state index in [9.17, 15) is 9.90 Å². The first kappa shape index (κ1) is 12.9. The van der Waals surface area contributed by atoms with Gasteiger partial charge in [0.25, 0.3) is 5.91 Å². The van der Waals surface area contributed by atoms with Crippen molar-refractivity contribution >= 4 is 22.4 Å². The number of hydrogen-bond acceptors (Lipinski definition) is 5. The molecule has 0 bridgehead atoms. The van der Waals surface area contributed by atoms with E-state index < -0.39 is 6.10 Å². The Kier molecular flexibility index (Phi) is 4.70. The van der Waals surface area contributed by atoms with E-state index in [2.05, 4.69) is 10.3 Å². The molecule has 0 saturated carbocycles. The van der Waals surface area contributed by atoms with Crippen molar-refractivity contribution in [3.05, 3.63) is 11.1 Å². The highest BCUT2D eigenvalue weighted by molar-refractivity contribution is 7.13. The van der Waals surface area contributed by atoms with E-state index in [-0.39, 0.29) is 12.5 Å². The van der Waals surface area contributed by atoms with E-state index in [1.54, 1.807) is 5.38 Å². The molecule has 1 amide bonds. The highest BCUT2D eigenvalue weighted by Gasteiger charge is 2.12. The maximum absolute atomic E-state index is 11.5. The lowest BCUT2D eigenvalue weighted by Gasteiger charge is -2.13. The summed E-state index contributed by atoms with van der Waals surface area (Å²) in [5.74, 6) is 0.109. The lowest BCUT2D eigenvalue weighted by molar-refractivity contribution is 0.0896. The predicted molar refractivity (Wildman–Crippen MR) is 64.3 cm³/mol. The molecule has 0 radical (unpaired) electrons. The normalized spacial score (nSPS) is 12.8. The van der Waals surface area contributed by atoms with Crippen molar-refractivity contribution in [2.75, 3.05) is 12.3 Å². The van der Waals surface area contributed by atoms with Gasteiger partial charge in [-0.25, -0.2) is 4.98 Å². The minimum absolute atomic E-state index is 0.244. The van der Waals surface area contributed by atoms with Crippen LogP contribution in [0.3, 0.4) is 0 Å². The molecule has 1 aromatic heterocycles. The van der Waals surface area contributed by atoms with Crippen molar-refractivity contribution in [2.24, 2.45) is 5.92 Å². The van der Waals surface area contributed by atoms with Crippen LogP contribution < -0.4 is 11.1 Å². The second-order valence-electron chi connectivity index (χ2n) is 4.06. The van der Waals surface area contributed by atoms with Crippen molar-refractivity contribution in [1.82, 2.24) is 10.3 Å². The van der Waals surface area contributed by atoms with Gasteiger partial charge in [-0.3, -0.25) is 4.79 Å². The van der Waals surface area contributed by atoms with Crippen LogP contribution in [0.15, 0.2) is 5.38 Å². The molecule has 0 aromatic carbocycles. The number of nitrogens with zero attached hydrogens (tertiary/aromatic N) is 1. The number of carbonyl (C=O) groups excluding carboxylic acids is 1. The van der Waals surface area contributed by atoms with E-state index in [1.807, 2.05) is 13.8 Å². The largest absolute Gasteiger partial charge is 0.391 e. The summed E-state index contributed by atoms with van der Waals surface area (Å²) in [4.78, 5) is 15.4. The fourth-order valence-corrected chi connectivity index (χ4v) is 1.86. The molecule has 1 atom stereocenters. The van der Waals surface area contributed by atoms with Crippen LogP contribution in [-0.2, 0) is 0 Å². The number of rotatable bonds is 5. The Morgan fingerprint density at radius 2 is 2.38 bits per heavy atom. The van der Waals surface area contributed by atoms with Crippen LogP contribution in [0.5, 0.6) is 0 Å². The summed E-state index contributed by atoms with van der Waals surface area (Å²) in [6, 6.07) is 0. The van der Waals surface area contributed by atoms with Gasteiger partial charge >= 0.3 is 0 Å². The van der Waals surface area contributed by atoms with E-state index in [0.717, 1.165) is 0 Å². The first-order chi connectivity index (χ1) is 7.49. The minimum Gasteiger partial charge on any atom is -0.391 e. The van der Waals surface area contributed by atoms with Crippen molar-refractivity contribution in [1.29, 1.82) is 0 Å². The lowest BCUT2D eigenvalue weighted by atomic mass is 10.1. The minimum atomic E-state index is -0.514. The molecule has 90 valence electrons. The number of amides is 1. The lowest BCUT2D eigenvalue weighted by Crippen LogP contribution is -2.32. The van der Waals surface area contributed by atoms with Gasteiger partial charge < -0.3 is 16.2 Å². The Morgan fingerprint density at radius 3 is 2.88 bits per heavy atom. The molecular formula is C10H17N3O2S. The summed E-state index contributed by atoms with van der Waals surface area (Å²) in [6.45, 7) is 4.28. The fourth-order valence-electron chi connectivity index (χ4n) is 1.32. The number of carbonyl (C=O) groups is 1. The van der Waals surface area contributed by atoms with Gasteiger partial charge in [0.15, 0.2) is 5.13 Å². The van der Waals surface area contributed by atoms with Crippen molar-refractivity contribution < 1.29 is 9.90 Å². The topological polar surface area (TPSA) is 88.2 Å². The summed E-state index contributed by atoms with van der Waals surface area (Å²) in [5, 5.41) is 14.1. The summed E-state index contributed by atoms with van der Waals surface area (Å²) < 4.78 is 0. The average Bonchev–Trinajstić information content (AvgIpc) is 2.60. The van der Waals surface area contributed by atoms with Crippen LogP contribution in [0.4, 0.5) is 5.13 Å². The summed E-state index contributed by atoms with van der Waals surface area (Å²) >= 11 is 1.22. The third-order valence-corrected chi connectivity index (χ3v) is 2.67. The second-order valence-corrected chi connectivity index (χ2v) is 4.95. The predicted octanol–water partition coefficient (Wildman–Crippen LogP) is 0.862. The van der Waals surface area contributed by atoms with Gasteiger partial charge in [0.2, 0.25) is 0 Å². The number of aliphatic hydroxyl groups is 1. The van der Waals surface area contributed by atoms with Gasteiger partial charge in [-0.1, -0.05) is 13.8 Å². The Balaban J connectivity index is 2.35. The molecule has 0 aliphatic heterocycles. The second kappa shape index (κ2) is 5.81. The Bertz CT molecular complexity index is 352. The molecule has 0 aliphatic carbocycles. The Hall–Kier alpha value is -1.14. The molecule has 0 aliphatic rings. The number of nitrogens with one attached hydrogen (secondary N) is 1. The molecule has 1 aromatic rings. The quantitative estimate of drug-likeness (QED) is 0.715. The number of hydrogen-bond donors (Lipinski definition) is 3. The SMILES string of the molecule is CC(C)CC(O)CNC(=O)c1csc(N)n1. The van der Waals surface area contributed by atoms with Crippen LogP contribution in [0.25, 0.3) is 0 Å². The number of anilines is 1. The van der Waals surface area contributed by atoms with E-state index in [1.165, 1.54) is 11.3 Å². The Labute approximate surface area is 98.7 Å². The number of aliphatic hydroxyl groups excluding tert-OH is 1. The molecule has 16 heavy (non-hydrogen) atoms. The van der Waals surface area contributed by atoms with Crippen LogP contribution in [0.2, 0.25) is 0 Å². The molecule has 6 heteroatoms. The first-order valence-corrected chi connectivity index (χ1v) is 6.04. The van der Waals surface area contributed by atoms with Crippen molar-refractivity contribution in [2.45, 2.75) is 26.4 Å². The van der Waals surface area contributed by atoms with Crippen molar-refractivity contribution in [3.8, 4) is 0 Å². The smallest absolute Gasteiger partial charge is 0.270 e. The first-order valence-electron chi connectivity index (χ1n) is 5.16. The van der Waals surface area contributed by atoms with Gasteiger partial charge in [0.1, 0.15) is 5.69 Å². The summed E-state index contributed by atoms with van der Waals surface area (Å²) in [6.07, 6.45) is 0.152. The molecule has 5 nitrogen and oxygen atoms in total. The highest BCUT2D eigenvalue weighted by Crippen LogP contribution is 2.10. The van der Waals surface area contributed by atoms with Gasteiger partial charge in [-0.05, 0) is 12.3 Å². The number of aromatic nitrogens is 1. The van der Waals surface area contributed by atoms with Crippen LogP contribution in [0, 0.1) is 5.92 Å². The molecule has 0 saturated heterocycles. The number of nitrogen functional groups attached to an aromatic ring is 1. The third-order valence-electron chi connectivity index (χ3n) is 2.00. The maximum atomic E-state index is 11.5. The molecule has 1 rings (SSSR count). The third kappa shape index (κ3) is 4.16. The molecule has 0 spiro atoms.